The Balaban J connectivity index is 1.86. The maximum absolute atomic E-state index is 12.3. The highest BCUT2D eigenvalue weighted by Gasteiger charge is 2.27. The summed E-state index contributed by atoms with van der Waals surface area (Å²) in [7, 11) is 3.32. The fraction of sp³-hybridized carbons (Fsp3) is 0.412. The molecule has 0 atom stereocenters. The topological polar surface area (TPSA) is 67.4 Å². The number of methoxy groups -OCH3 is 2. The number of hydrogen-bond donors (Lipinski definition) is 1. The molecule has 0 bridgehead atoms. The summed E-state index contributed by atoms with van der Waals surface area (Å²) in [6.07, 6.45) is 0.374. The number of carbonyl (C=O) groups excluding carboxylic acids is 1. The van der Waals surface area contributed by atoms with Gasteiger partial charge in [-0.15, -0.1) is 0 Å². The smallest absolute Gasteiger partial charge is 0.227 e. The first kappa shape index (κ1) is 15.7. The van der Waals surface area contributed by atoms with E-state index in [1.165, 1.54) is 0 Å². The van der Waals surface area contributed by atoms with Crippen LogP contribution in [0, 0.1) is 0 Å². The van der Waals surface area contributed by atoms with Gasteiger partial charge in [0.2, 0.25) is 5.91 Å². The maximum atomic E-state index is 12.3. The number of aromatic nitrogens is 2. The second-order valence-electron chi connectivity index (χ2n) is 5.65. The largest absolute Gasteiger partial charge is 0.383 e. The minimum absolute atomic E-state index is 0.116. The number of rotatable bonds is 6. The first-order valence-corrected chi connectivity index (χ1v) is 7.64. The maximum Gasteiger partial charge on any atom is 0.227 e. The molecule has 2 heterocycles. The van der Waals surface area contributed by atoms with Gasteiger partial charge in [-0.1, -0.05) is 18.2 Å². The van der Waals surface area contributed by atoms with Gasteiger partial charge in [0.05, 0.1) is 37.6 Å². The molecule has 0 fully saturated rings. The summed E-state index contributed by atoms with van der Waals surface area (Å²) in [6.45, 7) is 2.26. The van der Waals surface area contributed by atoms with Crippen molar-refractivity contribution in [2.75, 3.05) is 27.4 Å². The number of H-pyrrole nitrogens is 1. The van der Waals surface area contributed by atoms with E-state index < -0.39 is 0 Å². The predicted octanol–water partition coefficient (Wildman–Crippen LogP) is 1.75. The molecular formula is C17H21N3O3. The Hall–Kier alpha value is -2.18. The summed E-state index contributed by atoms with van der Waals surface area (Å²) >= 11 is 0. The number of nitrogens with one attached hydrogen (secondary N) is 1. The molecule has 0 aliphatic carbocycles. The van der Waals surface area contributed by atoms with E-state index in [-0.39, 0.29) is 5.91 Å². The van der Waals surface area contributed by atoms with Gasteiger partial charge in [0.1, 0.15) is 0 Å². The third kappa shape index (κ3) is 3.28. The monoisotopic (exact) mass is 315 g/mol. The van der Waals surface area contributed by atoms with E-state index in [2.05, 4.69) is 16.3 Å². The van der Waals surface area contributed by atoms with Crippen molar-refractivity contribution in [3.05, 3.63) is 41.1 Å². The van der Waals surface area contributed by atoms with Crippen LogP contribution in [0.5, 0.6) is 0 Å². The average molecular weight is 315 g/mol. The third-order valence-corrected chi connectivity index (χ3v) is 4.06. The van der Waals surface area contributed by atoms with Gasteiger partial charge in [-0.2, -0.15) is 5.10 Å². The number of ether oxygens (including phenoxy) is 2. The van der Waals surface area contributed by atoms with Crippen LogP contribution < -0.4 is 0 Å². The number of hydrogen-bond acceptors (Lipinski definition) is 4. The molecule has 3 rings (SSSR count). The van der Waals surface area contributed by atoms with Gasteiger partial charge >= 0.3 is 0 Å². The standard InChI is InChI=1S/C17H21N3O3/c1-22-7-6-20-10-15-14(9-16(20)21)17(19-18-15)13-5-3-4-12(8-13)11-23-2/h3-5,8H,6-7,9-11H2,1-2H3,(H,18,19). The SMILES string of the molecule is COCCN1Cc2[nH]nc(-c3cccc(COC)c3)c2CC1=O. The van der Waals surface area contributed by atoms with Crippen LogP contribution >= 0.6 is 0 Å². The quantitative estimate of drug-likeness (QED) is 0.882. The molecule has 0 radical (unpaired) electrons. The lowest BCUT2D eigenvalue weighted by atomic mass is 9.98. The third-order valence-electron chi connectivity index (χ3n) is 4.06. The zero-order valence-electron chi connectivity index (χ0n) is 13.5. The summed E-state index contributed by atoms with van der Waals surface area (Å²) < 4.78 is 10.2. The van der Waals surface area contributed by atoms with Crippen LogP contribution in [0.4, 0.5) is 0 Å². The normalized spacial score (nSPS) is 14.2. The summed E-state index contributed by atoms with van der Waals surface area (Å²) in [4.78, 5) is 14.1. The molecule has 23 heavy (non-hydrogen) atoms. The summed E-state index contributed by atoms with van der Waals surface area (Å²) in [5, 5.41) is 7.53. The highest BCUT2D eigenvalue weighted by molar-refractivity contribution is 5.83. The van der Waals surface area contributed by atoms with Crippen LogP contribution in [0.1, 0.15) is 16.8 Å². The van der Waals surface area contributed by atoms with Gasteiger partial charge in [0.15, 0.2) is 0 Å². The number of benzene rings is 1. The Morgan fingerprint density at radius 3 is 2.96 bits per heavy atom. The van der Waals surface area contributed by atoms with Crippen LogP contribution in [0.15, 0.2) is 24.3 Å². The molecule has 1 amide bonds. The predicted molar refractivity (Wildman–Crippen MR) is 85.7 cm³/mol. The average Bonchev–Trinajstić information content (AvgIpc) is 2.96. The van der Waals surface area contributed by atoms with Crippen molar-refractivity contribution in [1.82, 2.24) is 15.1 Å². The van der Waals surface area contributed by atoms with Crippen LogP contribution in [0.25, 0.3) is 11.3 Å². The molecule has 6 heteroatoms. The van der Waals surface area contributed by atoms with E-state index in [1.54, 1.807) is 19.1 Å². The second kappa shape index (κ2) is 6.93. The van der Waals surface area contributed by atoms with Crippen LogP contribution in [0.3, 0.4) is 0 Å². The Bertz CT molecular complexity index is 696. The minimum atomic E-state index is 0.116. The van der Waals surface area contributed by atoms with Crippen LogP contribution in [0.2, 0.25) is 0 Å². The van der Waals surface area contributed by atoms with Gasteiger partial charge < -0.3 is 14.4 Å². The first-order chi connectivity index (χ1) is 11.2. The molecule has 1 aliphatic heterocycles. The highest BCUT2D eigenvalue weighted by atomic mass is 16.5. The molecule has 0 saturated carbocycles. The Morgan fingerprint density at radius 1 is 1.30 bits per heavy atom. The Kier molecular flexibility index (Phi) is 4.73. The van der Waals surface area contributed by atoms with E-state index in [4.69, 9.17) is 9.47 Å². The van der Waals surface area contributed by atoms with Gasteiger partial charge in [0.25, 0.3) is 0 Å². The van der Waals surface area contributed by atoms with Crippen molar-refractivity contribution in [3.8, 4) is 11.3 Å². The zero-order chi connectivity index (χ0) is 16.2. The fourth-order valence-electron chi connectivity index (χ4n) is 2.88. The molecule has 1 aliphatic rings. The van der Waals surface area contributed by atoms with E-state index in [1.807, 2.05) is 18.2 Å². The number of carbonyl (C=O) groups is 1. The van der Waals surface area contributed by atoms with Crippen LogP contribution in [-0.2, 0) is 33.8 Å². The lowest BCUT2D eigenvalue weighted by Gasteiger charge is -2.26. The molecule has 1 aromatic heterocycles. The summed E-state index contributed by atoms with van der Waals surface area (Å²) in [6, 6.07) is 8.07. The van der Waals surface area contributed by atoms with Gasteiger partial charge in [-0.25, -0.2) is 0 Å². The Labute approximate surface area is 135 Å². The van der Waals surface area contributed by atoms with Crippen molar-refractivity contribution in [2.45, 2.75) is 19.6 Å². The summed E-state index contributed by atoms with van der Waals surface area (Å²) in [5.74, 6) is 0.116. The van der Waals surface area contributed by atoms with Crippen molar-refractivity contribution in [3.63, 3.8) is 0 Å². The molecule has 0 saturated heterocycles. The summed E-state index contributed by atoms with van der Waals surface area (Å²) in [5.41, 5.74) is 4.96. The molecule has 1 aromatic carbocycles. The number of fused-ring (bicyclic) bond motifs is 1. The Morgan fingerprint density at radius 2 is 2.17 bits per heavy atom. The highest BCUT2D eigenvalue weighted by Crippen LogP contribution is 2.29. The lowest BCUT2D eigenvalue weighted by molar-refractivity contribution is -0.132. The number of aromatic amines is 1. The molecule has 1 N–H and O–H groups in total. The van der Waals surface area contributed by atoms with E-state index in [9.17, 15) is 4.79 Å². The minimum Gasteiger partial charge on any atom is -0.383 e. The van der Waals surface area contributed by atoms with Crippen LogP contribution in [-0.4, -0.2) is 48.4 Å². The zero-order valence-corrected chi connectivity index (χ0v) is 13.5. The molecule has 0 spiro atoms. The second-order valence-corrected chi connectivity index (χ2v) is 5.65. The molecule has 6 nitrogen and oxygen atoms in total. The van der Waals surface area contributed by atoms with Crippen molar-refractivity contribution in [1.29, 1.82) is 0 Å². The van der Waals surface area contributed by atoms with Crippen molar-refractivity contribution < 1.29 is 14.3 Å². The van der Waals surface area contributed by atoms with E-state index >= 15 is 0 Å². The molecule has 122 valence electrons. The molecular weight excluding hydrogens is 294 g/mol. The first-order valence-electron chi connectivity index (χ1n) is 7.64. The van der Waals surface area contributed by atoms with Crippen molar-refractivity contribution >= 4 is 5.91 Å². The molecule has 2 aromatic rings. The lowest BCUT2D eigenvalue weighted by Crippen LogP contribution is -2.38. The number of nitrogens with zero attached hydrogens (tertiary/aromatic N) is 2. The van der Waals surface area contributed by atoms with Gasteiger partial charge in [-0.05, 0) is 11.6 Å². The van der Waals surface area contributed by atoms with E-state index in [0.29, 0.717) is 32.7 Å². The van der Waals surface area contributed by atoms with Gasteiger partial charge in [-0.3, -0.25) is 9.89 Å². The van der Waals surface area contributed by atoms with E-state index in [0.717, 1.165) is 28.1 Å². The molecule has 0 unspecified atom stereocenters. The van der Waals surface area contributed by atoms with Gasteiger partial charge in [0, 0.05) is 31.9 Å². The number of amides is 1. The van der Waals surface area contributed by atoms with Crippen molar-refractivity contribution in [2.24, 2.45) is 0 Å². The fourth-order valence-corrected chi connectivity index (χ4v) is 2.88.